The van der Waals surface area contributed by atoms with Crippen LogP contribution in [-0.4, -0.2) is 26.2 Å². The number of halogens is 1. The lowest BCUT2D eigenvalue weighted by Gasteiger charge is -2.20. The zero-order valence-electron chi connectivity index (χ0n) is 14.7. The highest BCUT2D eigenvalue weighted by Gasteiger charge is 2.29. The van der Waals surface area contributed by atoms with Gasteiger partial charge in [0.15, 0.2) is 5.96 Å². The van der Waals surface area contributed by atoms with Crippen LogP contribution in [0.2, 0.25) is 0 Å². The van der Waals surface area contributed by atoms with Crippen LogP contribution in [0.4, 0.5) is 0 Å². The van der Waals surface area contributed by atoms with Gasteiger partial charge in [0, 0.05) is 35.9 Å². The highest BCUT2D eigenvalue weighted by Crippen LogP contribution is 2.33. The van der Waals surface area contributed by atoms with Crippen LogP contribution in [0.25, 0.3) is 0 Å². The Balaban J connectivity index is 0.00000225. The fourth-order valence-corrected chi connectivity index (χ4v) is 3.88. The Morgan fingerprint density at radius 2 is 2.00 bits per heavy atom. The molecule has 4 nitrogen and oxygen atoms in total. The van der Waals surface area contributed by atoms with E-state index in [1.54, 1.807) is 0 Å². The number of nitrogens with one attached hydrogen (secondary N) is 2. The standard InChI is InChI=1S/C19H25N3OS.HI/c1-14-8-9-17(24-14)13-22-19(20-2)21-12-16-10-11-23-18(16)15-6-4-3-5-7-15;/h3-9,16,18H,10-13H2,1-2H3,(H2,20,21,22);1H. The maximum Gasteiger partial charge on any atom is 0.191 e. The Morgan fingerprint density at radius 1 is 1.20 bits per heavy atom. The lowest BCUT2D eigenvalue weighted by molar-refractivity contribution is 0.0915. The maximum absolute atomic E-state index is 5.95. The SMILES string of the molecule is CN=C(NCc1ccc(C)s1)NCC1CCOC1c1ccccc1.I. The van der Waals surface area contributed by atoms with Gasteiger partial charge in [0.1, 0.15) is 0 Å². The van der Waals surface area contributed by atoms with Crippen LogP contribution in [0, 0.1) is 12.8 Å². The van der Waals surface area contributed by atoms with Crippen LogP contribution in [0.5, 0.6) is 0 Å². The summed E-state index contributed by atoms with van der Waals surface area (Å²) in [6, 6.07) is 14.8. The minimum absolute atomic E-state index is 0. The summed E-state index contributed by atoms with van der Waals surface area (Å²) < 4.78 is 5.95. The van der Waals surface area contributed by atoms with Crippen molar-refractivity contribution in [2.24, 2.45) is 10.9 Å². The number of benzene rings is 1. The first-order valence-corrected chi connectivity index (χ1v) is 9.24. The first kappa shape index (κ1) is 20.2. The molecule has 3 rings (SSSR count). The Labute approximate surface area is 171 Å². The van der Waals surface area contributed by atoms with Gasteiger partial charge in [0.25, 0.3) is 0 Å². The van der Waals surface area contributed by atoms with Crippen LogP contribution < -0.4 is 10.6 Å². The van der Waals surface area contributed by atoms with Gasteiger partial charge in [-0.1, -0.05) is 30.3 Å². The molecule has 2 atom stereocenters. The average Bonchev–Trinajstić information content (AvgIpc) is 3.25. The van der Waals surface area contributed by atoms with Gasteiger partial charge < -0.3 is 15.4 Å². The summed E-state index contributed by atoms with van der Waals surface area (Å²) >= 11 is 1.82. The third-order valence-corrected chi connectivity index (χ3v) is 5.32. The molecule has 6 heteroatoms. The molecule has 1 saturated heterocycles. The molecule has 136 valence electrons. The fourth-order valence-electron chi connectivity index (χ4n) is 3.05. The maximum atomic E-state index is 5.95. The summed E-state index contributed by atoms with van der Waals surface area (Å²) in [4.78, 5) is 6.98. The molecule has 0 radical (unpaired) electrons. The molecule has 1 aromatic heterocycles. The van der Waals surface area contributed by atoms with Gasteiger partial charge in [-0.15, -0.1) is 35.3 Å². The zero-order chi connectivity index (χ0) is 16.8. The van der Waals surface area contributed by atoms with E-state index in [-0.39, 0.29) is 30.1 Å². The average molecular weight is 471 g/mol. The molecule has 1 fully saturated rings. The number of thiophene rings is 1. The third-order valence-electron chi connectivity index (χ3n) is 4.32. The molecule has 2 unspecified atom stereocenters. The van der Waals surface area contributed by atoms with Crippen LogP contribution in [0.3, 0.4) is 0 Å². The second kappa shape index (κ2) is 10.1. The highest BCUT2D eigenvalue weighted by molar-refractivity contribution is 14.0. The zero-order valence-corrected chi connectivity index (χ0v) is 17.8. The van der Waals surface area contributed by atoms with Crippen LogP contribution in [0.15, 0.2) is 47.5 Å². The number of ether oxygens (including phenoxy) is 1. The van der Waals surface area contributed by atoms with E-state index in [1.165, 1.54) is 15.3 Å². The van der Waals surface area contributed by atoms with Crippen molar-refractivity contribution in [3.8, 4) is 0 Å². The van der Waals surface area contributed by atoms with E-state index in [1.807, 2.05) is 24.5 Å². The fraction of sp³-hybridized carbons (Fsp3) is 0.421. The van der Waals surface area contributed by atoms with E-state index < -0.39 is 0 Å². The van der Waals surface area contributed by atoms with Crippen LogP contribution in [0.1, 0.15) is 27.8 Å². The molecule has 1 aliphatic rings. The van der Waals surface area contributed by atoms with Crippen molar-refractivity contribution >= 4 is 41.3 Å². The van der Waals surface area contributed by atoms with Crippen molar-refractivity contribution in [1.29, 1.82) is 0 Å². The van der Waals surface area contributed by atoms with Gasteiger partial charge in [-0.2, -0.15) is 0 Å². The van der Waals surface area contributed by atoms with Crippen molar-refractivity contribution in [3.63, 3.8) is 0 Å². The Morgan fingerprint density at radius 3 is 2.68 bits per heavy atom. The molecule has 0 spiro atoms. The van der Waals surface area contributed by atoms with Crippen molar-refractivity contribution in [3.05, 3.63) is 57.8 Å². The summed E-state index contributed by atoms with van der Waals surface area (Å²) in [7, 11) is 1.81. The Kier molecular flexibility index (Phi) is 8.18. The van der Waals surface area contributed by atoms with Gasteiger partial charge in [-0.05, 0) is 31.0 Å². The molecule has 25 heavy (non-hydrogen) atoms. The molecule has 0 amide bonds. The number of hydrogen-bond acceptors (Lipinski definition) is 3. The van der Waals surface area contributed by atoms with Gasteiger partial charge in [0.05, 0.1) is 12.6 Å². The minimum Gasteiger partial charge on any atom is -0.373 e. The Bertz CT molecular complexity index is 674. The molecule has 2 N–H and O–H groups in total. The second-order valence-electron chi connectivity index (χ2n) is 6.07. The molecule has 1 aliphatic heterocycles. The second-order valence-corrected chi connectivity index (χ2v) is 7.44. The minimum atomic E-state index is 0. The van der Waals surface area contributed by atoms with Crippen molar-refractivity contribution in [1.82, 2.24) is 10.6 Å². The lowest BCUT2D eigenvalue weighted by atomic mass is 9.95. The summed E-state index contributed by atoms with van der Waals surface area (Å²) in [6.45, 7) is 4.63. The third kappa shape index (κ3) is 5.69. The van der Waals surface area contributed by atoms with E-state index in [4.69, 9.17) is 4.74 Å². The quantitative estimate of drug-likeness (QED) is 0.392. The molecule has 0 bridgehead atoms. The number of guanidine groups is 1. The summed E-state index contributed by atoms with van der Waals surface area (Å²) in [5.41, 5.74) is 1.26. The molecule has 2 heterocycles. The molecule has 1 aromatic carbocycles. The van der Waals surface area contributed by atoms with Crippen molar-refractivity contribution < 1.29 is 4.74 Å². The number of nitrogens with zero attached hydrogens (tertiary/aromatic N) is 1. The predicted molar refractivity (Wildman–Crippen MR) is 116 cm³/mol. The molecule has 0 aliphatic carbocycles. The largest absolute Gasteiger partial charge is 0.373 e. The van der Waals surface area contributed by atoms with Gasteiger partial charge in [-0.3, -0.25) is 4.99 Å². The summed E-state index contributed by atoms with van der Waals surface area (Å²) in [5.74, 6) is 1.31. The van der Waals surface area contributed by atoms with E-state index >= 15 is 0 Å². The number of rotatable bonds is 5. The highest BCUT2D eigenvalue weighted by atomic mass is 127. The van der Waals surface area contributed by atoms with Gasteiger partial charge in [0.2, 0.25) is 0 Å². The van der Waals surface area contributed by atoms with Crippen molar-refractivity contribution in [2.45, 2.75) is 26.0 Å². The molecule has 0 saturated carbocycles. The lowest BCUT2D eigenvalue weighted by Crippen LogP contribution is -2.39. The predicted octanol–water partition coefficient (Wildman–Crippen LogP) is 4.12. The smallest absolute Gasteiger partial charge is 0.191 e. The van der Waals surface area contributed by atoms with E-state index in [2.05, 4.69) is 58.9 Å². The van der Waals surface area contributed by atoms with E-state index in [0.29, 0.717) is 5.92 Å². The first-order valence-electron chi connectivity index (χ1n) is 8.42. The van der Waals surface area contributed by atoms with E-state index in [9.17, 15) is 0 Å². The van der Waals surface area contributed by atoms with E-state index in [0.717, 1.165) is 32.1 Å². The number of aliphatic imine (C=N–C) groups is 1. The summed E-state index contributed by atoms with van der Waals surface area (Å²) in [6.07, 6.45) is 1.25. The number of hydrogen-bond donors (Lipinski definition) is 2. The normalized spacial score (nSPS) is 20.2. The first-order chi connectivity index (χ1) is 11.8. The number of aryl methyl sites for hydroxylation is 1. The van der Waals surface area contributed by atoms with Gasteiger partial charge >= 0.3 is 0 Å². The van der Waals surface area contributed by atoms with Gasteiger partial charge in [-0.25, -0.2) is 0 Å². The molecule has 2 aromatic rings. The van der Waals surface area contributed by atoms with Crippen LogP contribution in [-0.2, 0) is 11.3 Å². The van der Waals surface area contributed by atoms with Crippen molar-refractivity contribution in [2.75, 3.05) is 20.2 Å². The van der Waals surface area contributed by atoms with Crippen LogP contribution >= 0.6 is 35.3 Å². The monoisotopic (exact) mass is 471 g/mol. The summed E-state index contributed by atoms with van der Waals surface area (Å²) in [5, 5.41) is 6.84. The molecular formula is C19H26IN3OS. The molecular weight excluding hydrogens is 445 g/mol. The topological polar surface area (TPSA) is 45.7 Å². The Hall–Kier alpha value is -1.12.